The molecule has 0 spiro atoms. The monoisotopic (exact) mass is 426 g/mol. The van der Waals surface area contributed by atoms with E-state index in [1.165, 1.54) is 12.1 Å². The highest BCUT2D eigenvalue weighted by Gasteiger charge is 2.37. The number of halogens is 1. The van der Waals surface area contributed by atoms with Crippen molar-refractivity contribution >= 4 is 17.5 Å². The fourth-order valence-corrected chi connectivity index (χ4v) is 4.40. The zero-order valence-electron chi connectivity index (χ0n) is 17.3. The van der Waals surface area contributed by atoms with E-state index in [0.717, 1.165) is 42.5 Å². The van der Waals surface area contributed by atoms with Crippen molar-refractivity contribution in [3.05, 3.63) is 65.5 Å². The van der Waals surface area contributed by atoms with E-state index in [9.17, 15) is 19.1 Å². The molecule has 1 aliphatic carbocycles. The maximum atomic E-state index is 13.2. The van der Waals surface area contributed by atoms with Gasteiger partial charge in [-0.3, -0.25) is 9.59 Å². The van der Waals surface area contributed by atoms with Crippen molar-refractivity contribution in [1.82, 2.24) is 4.90 Å². The highest BCUT2D eigenvalue weighted by Crippen LogP contribution is 2.31. The summed E-state index contributed by atoms with van der Waals surface area (Å²) in [5.74, 6) is -0.413. The molecule has 2 fully saturated rings. The number of carbonyl (C=O) groups is 2. The number of morpholine rings is 1. The van der Waals surface area contributed by atoms with E-state index in [0.29, 0.717) is 0 Å². The van der Waals surface area contributed by atoms with Crippen LogP contribution in [0.25, 0.3) is 0 Å². The molecule has 7 heteroatoms. The molecule has 0 bridgehead atoms. The molecule has 2 atom stereocenters. The quantitative estimate of drug-likeness (QED) is 0.742. The fraction of sp³-hybridized carbons (Fsp3) is 0.417. The number of anilines is 1. The Morgan fingerprint density at radius 2 is 1.77 bits per heavy atom. The number of benzene rings is 2. The molecule has 2 aliphatic rings. The highest BCUT2D eigenvalue weighted by atomic mass is 19.1. The first-order valence-corrected chi connectivity index (χ1v) is 10.7. The Balaban J connectivity index is 1.46. The number of aliphatic hydroxyl groups is 1. The number of amides is 2. The molecule has 2 N–H and O–H groups in total. The zero-order chi connectivity index (χ0) is 21.8. The normalized spacial score (nSPS) is 22.0. The van der Waals surface area contributed by atoms with E-state index >= 15 is 0 Å². The van der Waals surface area contributed by atoms with Gasteiger partial charge >= 0.3 is 0 Å². The lowest BCUT2D eigenvalue weighted by Gasteiger charge is -2.40. The van der Waals surface area contributed by atoms with Gasteiger partial charge in [0.2, 0.25) is 11.8 Å². The molecule has 164 valence electrons. The lowest BCUT2D eigenvalue weighted by atomic mass is 9.98. The summed E-state index contributed by atoms with van der Waals surface area (Å²) in [6.07, 6.45) is 3.59. The standard InChI is InChI=1S/C24H27FN2O4/c25-19-9-5-16(6-10-19)13-27-21(14-28)23(31-15-22(27)29)17-7-11-20(12-8-17)26-24(30)18-3-1-2-4-18/h5-12,18,21,23,28H,1-4,13-15H2,(H,26,30). The summed E-state index contributed by atoms with van der Waals surface area (Å²) in [7, 11) is 0. The van der Waals surface area contributed by atoms with Crippen LogP contribution in [-0.4, -0.2) is 41.1 Å². The van der Waals surface area contributed by atoms with Crippen LogP contribution in [-0.2, 0) is 20.9 Å². The molecule has 31 heavy (non-hydrogen) atoms. The Morgan fingerprint density at radius 1 is 1.10 bits per heavy atom. The van der Waals surface area contributed by atoms with Gasteiger partial charge in [-0.15, -0.1) is 0 Å². The number of ether oxygens (including phenoxy) is 1. The van der Waals surface area contributed by atoms with E-state index in [1.54, 1.807) is 17.0 Å². The summed E-state index contributed by atoms with van der Waals surface area (Å²) in [6, 6.07) is 12.7. The maximum absolute atomic E-state index is 13.2. The second-order valence-electron chi connectivity index (χ2n) is 8.22. The highest BCUT2D eigenvalue weighted by molar-refractivity contribution is 5.92. The lowest BCUT2D eigenvalue weighted by molar-refractivity contribution is -0.162. The third-order valence-corrected chi connectivity index (χ3v) is 6.14. The van der Waals surface area contributed by atoms with Gasteiger partial charge in [-0.2, -0.15) is 0 Å². The average Bonchev–Trinajstić information content (AvgIpc) is 3.32. The van der Waals surface area contributed by atoms with Gasteiger partial charge in [-0.1, -0.05) is 37.1 Å². The molecule has 6 nitrogen and oxygen atoms in total. The minimum absolute atomic E-state index is 0.0588. The lowest BCUT2D eigenvalue weighted by Crippen LogP contribution is -2.52. The van der Waals surface area contributed by atoms with E-state index in [1.807, 2.05) is 24.3 Å². The zero-order valence-corrected chi connectivity index (χ0v) is 17.3. The summed E-state index contributed by atoms with van der Waals surface area (Å²) in [5.41, 5.74) is 2.31. The van der Waals surface area contributed by atoms with Crippen molar-refractivity contribution in [1.29, 1.82) is 0 Å². The molecule has 4 rings (SSSR count). The predicted octanol–water partition coefficient (Wildman–Crippen LogP) is 3.42. The van der Waals surface area contributed by atoms with Crippen LogP contribution in [0.4, 0.5) is 10.1 Å². The van der Waals surface area contributed by atoms with Gasteiger partial charge in [0.15, 0.2) is 0 Å². The van der Waals surface area contributed by atoms with Crippen molar-refractivity contribution in [3.8, 4) is 0 Å². The van der Waals surface area contributed by atoms with Crippen LogP contribution in [0.1, 0.15) is 42.9 Å². The first-order chi connectivity index (χ1) is 15.0. The van der Waals surface area contributed by atoms with E-state index < -0.39 is 12.1 Å². The van der Waals surface area contributed by atoms with Crippen molar-refractivity contribution in [2.45, 2.75) is 44.4 Å². The molecule has 0 radical (unpaired) electrons. The minimum atomic E-state index is -0.565. The molecule has 1 saturated heterocycles. The van der Waals surface area contributed by atoms with Gasteiger partial charge in [-0.25, -0.2) is 4.39 Å². The second-order valence-corrected chi connectivity index (χ2v) is 8.22. The molecule has 2 aromatic rings. The summed E-state index contributed by atoms with van der Waals surface area (Å²) in [4.78, 5) is 26.4. The fourth-order valence-electron chi connectivity index (χ4n) is 4.40. The number of carbonyl (C=O) groups excluding carboxylic acids is 2. The first-order valence-electron chi connectivity index (χ1n) is 10.7. The van der Waals surface area contributed by atoms with Crippen LogP contribution in [0.2, 0.25) is 0 Å². The number of nitrogens with one attached hydrogen (secondary N) is 1. The van der Waals surface area contributed by atoms with E-state index in [4.69, 9.17) is 4.74 Å². The van der Waals surface area contributed by atoms with Crippen LogP contribution in [0.15, 0.2) is 48.5 Å². The Labute approximate surface area is 181 Å². The van der Waals surface area contributed by atoms with Gasteiger partial charge in [0, 0.05) is 18.2 Å². The summed E-state index contributed by atoms with van der Waals surface area (Å²) >= 11 is 0. The van der Waals surface area contributed by atoms with Crippen LogP contribution < -0.4 is 5.32 Å². The second kappa shape index (κ2) is 9.58. The number of rotatable bonds is 6. The van der Waals surface area contributed by atoms with Crippen molar-refractivity contribution in [2.75, 3.05) is 18.5 Å². The number of nitrogens with zero attached hydrogens (tertiary/aromatic N) is 1. The van der Waals surface area contributed by atoms with Gasteiger partial charge in [0.1, 0.15) is 18.5 Å². The molecular formula is C24H27FN2O4. The molecule has 1 heterocycles. The van der Waals surface area contributed by atoms with Crippen LogP contribution in [0.3, 0.4) is 0 Å². The van der Waals surface area contributed by atoms with Crippen LogP contribution in [0.5, 0.6) is 0 Å². The Bertz CT molecular complexity index is 910. The number of hydrogen-bond donors (Lipinski definition) is 2. The molecule has 1 aliphatic heterocycles. The average molecular weight is 426 g/mol. The molecule has 1 saturated carbocycles. The van der Waals surface area contributed by atoms with Gasteiger partial charge in [-0.05, 0) is 48.2 Å². The number of aliphatic hydroxyl groups excluding tert-OH is 1. The first kappa shape index (κ1) is 21.5. The molecule has 2 aromatic carbocycles. The van der Waals surface area contributed by atoms with Crippen molar-refractivity contribution in [3.63, 3.8) is 0 Å². The van der Waals surface area contributed by atoms with Crippen molar-refractivity contribution in [2.24, 2.45) is 5.92 Å². The van der Waals surface area contributed by atoms with Crippen LogP contribution >= 0.6 is 0 Å². The minimum Gasteiger partial charge on any atom is -0.394 e. The molecular weight excluding hydrogens is 399 g/mol. The molecule has 2 unspecified atom stereocenters. The Hall–Kier alpha value is -2.77. The Kier molecular flexibility index (Phi) is 6.63. The summed E-state index contributed by atoms with van der Waals surface area (Å²) in [5, 5.41) is 13.0. The Morgan fingerprint density at radius 3 is 2.42 bits per heavy atom. The summed E-state index contributed by atoms with van der Waals surface area (Å²) in [6.45, 7) is -0.0972. The van der Waals surface area contributed by atoms with Gasteiger partial charge < -0.3 is 20.1 Å². The molecule has 2 amide bonds. The predicted molar refractivity (Wildman–Crippen MR) is 114 cm³/mol. The topological polar surface area (TPSA) is 78.9 Å². The SMILES string of the molecule is O=C(Nc1ccc(C2OCC(=O)N(Cc3ccc(F)cc3)C2CO)cc1)C1CCCC1. The maximum Gasteiger partial charge on any atom is 0.249 e. The van der Waals surface area contributed by atoms with Crippen LogP contribution in [0, 0.1) is 11.7 Å². The largest absolute Gasteiger partial charge is 0.394 e. The van der Waals surface area contributed by atoms with E-state index in [-0.39, 0.29) is 43.3 Å². The summed E-state index contributed by atoms with van der Waals surface area (Å²) < 4.78 is 19.0. The van der Waals surface area contributed by atoms with Crippen molar-refractivity contribution < 1.29 is 23.8 Å². The third-order valence-electron chi connectivity index (χ3n) is 6.14. The van der Waals surface area contributed by atoms with Gasteiger partial charge in [0.05, 0.1) is 12.6 Å². The molecule has 0 aromatic heterocycles. The van der Waals surface area contributed by atoms with Gasteiger partial charge in [0.25, 0.3) is 0 Å². The number of hydrogen-bond acceptors (Lipinski definition) is 4. The third kappa shape index (κ3) is 4.94. The smallest absolute Gasteiger partial charge is 0.249 e. The van der Waals surface area contributed by atoms with E-state index in [2.05, 4.69) is 5.32 Å².